The van der Waals surface area contributed by atoms with Crippen molar-refractivity contribution in [2.24, 2.45) is 30.7 Å². The Kier molecular flexibility index (Phi) is 9.23. The third-order valence-corrected chi connectivity index (χ3v) is 11.9. The zero-order chi connectivity index (χ0) is 38.4. The van der Waals surface area contributed by atoms with Gasteiger partial charge in [-0.1, -0.05) is 91.0 Å². The van der Waals surface area contributed by atoms with Gasteiger partial charge in [-0.15, -0.1) is 0 Å². The van der Waals surface area contributed by atoms with Gasteiger partial charge in [0.1, 0.15) is 22.7 Å². The topological polar surface area (TPSA) is 101 Å². The summed E-state index contributed by atoms with van der Waals surface area (Å²) in [4.78, 5) is 28.0. The summed E-state index contributed by atoms with van der Waals surface area (Å²) in [7, 11) is 1.76. The molecular formula is C45H41F2N7O2. The number of aromatic nitrogens is 7. The molecule has 3 aliphatic rings. The molecule has 4 aromatic heterocycles. The fourth-order valence-electron chi connectivity index (χ4n) is 9.45. The van der Waals surface area contributed by atoms with E-state index in [1.54, 1.807) is 24.1 Å². The molecule has 4 heterocycles. The maximum atomic E-state index is 17.0. The lowest BCUT2D eigenvalue weighted by Crippen LogP contribution is -2.45. The summed E-state index contributed by atoms with van der Waals surface area (Å²) in [6.45, 7) is 2.10. The van der Waals surface area contributed by atoms with Crippen LogP contribution in [0.2, 0.25) is 0 Å². The fraction of sp³-hybridized carbons (Fsp3) is 0.289. The van der Waals surface area contributed by atoms with Gasteiger partial charge < -0.3 is 4.74 Å². The van der Waals surface area contributed by atoms with Gasteiger partial charge in [-0.3, -0.25) is 9.48 Å². The molecule has 0 radical (unpaired) electrons. The van der Waals surface area contributed by atoms with Crippen molar-refractivity contribution in [1.82, 2.24) is 34.5 Å². The second kappa shape index (κ2) is 14.5. The number of fused-ring (bicyclic) bond motifs is 4. The quantitative estimate of drug-likeness (QED) is 0.102. The smallest absolute Gasteiger partial charge is 0.309 e. The number of pyridine rings is 1. The van der Waals surface area contributed by atoms with Crippen LogP contribution in [-0.2, 0) is 28.5 Å². The molecule has 2 atom stereocenters. The van der Waals surface area contributed by atoms with E-state index in [1.807, 2.05) is 103 Å². The van der Waals surface area contributed by atoms with E-state index in [9.17, 15) is 4.79 Å². The van der Waals surface area contributed by atoms with Crippen molar-refractivity contribution >= 4 is 17.0 Å². The summed E-state index contributed by atoms with van der Waals surface area (Å²) in [5, 5.41) is 10.00. The minimum atomic E-state index is -1.09. The maximum absolute atomic E-state index is 17.0. The molecule has 7 aromatic rings. The van der Waals surface area contributed by atoms with Crippen LogP contribution in [0.15, 0.2) is 116 Å². The predicted molar refractivity (Wildman–Crippen MR) is 208 cm³/mol. The third-order valence-electron chi connectivity index (χ3n) is 11.9. The number of hydrogen-bond acceptors (Lipinski definition) is 7. The largest absolute Gasteiger partial charge is 0.466 e. The first-order chi connectivity index (χ1) is 27.4. The van der Waals surface area contributed by atoms with Crippen LogP contribution in [0.1, 0.15) is 55.0 Å². The fourth-order valence-corrected chi connectivity index (χ4v) is 9.45. The van der Waals surface area contributed by atoms with Crippen LogP contribution >= 0.6 is 0 Å². The Morgan fingerprint density at radius 3 is 2.00 bits per heavy atom. The number of aryl methyl sites for hydroxylation is 1. The van der Waals surface area contributed by atoms with Crippen LogP contribution < -0.4 is 0 Å². The number of carbonyl (C=O) groups is 1. The van der Waals surface area contributed by atoms with E-state index < -0.39 is 17.2 Å². The first-order valence-electron chi connectivity index (χ1n) is 19.3. The van der Waals surface area contributed by atoms with Crippen molar-refractivity contribution in [1.29, 1.82) is 0 Å². The first-order valence-corrected chi connectivity index (χ1v) is 19.3. The summed E-state index contributed by atoms with van der Waals surface area (Å²) < 4.78 is 41.4. The molecule has 11 heteroatoms. The highest BCUT2D eigenvalue weighted by atomic mass is 19.1. The lowest BCUT2D eigenvalue weighted by atomic mass is 9.57. The standard InChI is InChI=1S/C45H41F2N7O2/c1-3-56-44(55)38-29-21-19-28(20-22-29)35(38)24-37-39(47)40(30-25-49-53(2)27-30)51-42(50-37)41-36-23-34(46)26-48-43(36)54(52-41)45(31-13-7-4-8-14-31,32-15-9-5-10-16-32)33-17-11-6-12-18-33/h4-18,23,25-29,35,38H,3,19-22,24H2,1-2H3/t28?,29?,35-,38-/m0/s1. The van der Waals surface area contributed by atoms with Gasteiger partial charge in [0.15, 0.2) is 17.3 Å². The van der Waals surface area contributed by atoms with Crippen LogP contribution in [-0.4, -0.2) is 47.1 Å². The molecule has 282 valence electrons. The molecule has 9 nitrogen and oxygen atoms in total. The van der Waals surface area contributed by atoms with Gasteiger partial charge in [-0.05, 0) is 79.5 Å². The number of carbonyl (C=O) groups excluding carboxylic acids is 1. The van der Waals surface area contributed by atoms with Crippen LogP contribution in [0.3, 0.4) is 0 Å². The molecule has 0 saturated heterocycles. The third kappa shape index (κ3) is 5.97. The highest BCUT2D eigenvalue weighted by molar-refractivity contribution is 5.90. The van der Waals surface area contributed by atoms with Crippen molar-refractivity contribution in [2.75, 3.05) is 6.61 Å². The molecule has 0 amide bonds. The van der Waals surface area contributed by atoms with E-state index in [-0.39, 0.29) is 65.6 Å². The zero-order valence-electron chi connectivity index (χ0n) is 31.2. The molecule has 10 rings (SSSR count). The van der Waals surface area contributed by atoms with E-state index in [2.05, 4.69) is 5.10 Å². The molecule has 3 fully saturated rings. The van der Waals surface area contributed by atoms with E-state index >= 15 is 8.78 Å². The van der Waals surface area contributed by atoms with Crippen LogP contribution in [0.25, 0.3) is 33.8 Å². The molecule has 2 bridgehead atoms. The van der Waals surface area contributed by atoms with Crippen molar-refractivity contribution in [3.05, 3.63) is 150 Å². The van der Waals surface area contributed by atoms with E-state index in [4.69, 9.17) is 24.8 Å². The Morgan fingerprint density at radius 2 is 1.43 bits per heavy atom. The van der Waals surface area contributed by atoms with Gasteiger partial charge in [0, 0.05) is 18.8 Å². The normalized spacial score (nSPS) is 19.4. The summed E-state index contributed by atoms with van der Waals surface area (Å²) in [5.41, 5.74) is 2.93. The van der Waals surface area contributed by atoms with Crippen LogP contribution in [0, 0.1) is 35.3 Å². The number of hydrogen-bond donors (Lipinski definition) is 0. The monoisotopic (exact) mass is 749 g/mol. The highest BCUT2D eigenvalue weighted by Crippen LogP contribution is 2.51. The Morgan fingerprint density at radius 1 is 0.821 bits per heavy atom. The molecule has 3 aromatic carbocycles. The zero-order valence-corrected chi connectivity index (χ0v) is 31.2. The molecular weight excluding hydrogens is 709 g/mol. The van der Waals surface area contributed by atoms with Gasteiger partial charge in [0.25, 0.3) is 0 Å². The molecule has 0 spiro atoms. The summed E-state index contributed by atoms with van der Waals surface area (Å²) >= 11 is 0. The molecule has 0 unspecified atom stereocenters. The Bertz CT molecular complexity index is 2420. The average molecular weight is 750 g/mol. The second-order valence-electron chi connectivity index (χ2n) is 15.0. The number of ether oxygens (including phenoxy) is 1. The predicted octanol–water partition coefficient (Wildman–Crippen LogP) is 8.57. The Balaban J connectivity index is 1.30. The second-order valence-corrected chi connectivity index (χ2v) is 15.0. The minimum Gasteiger partial charge on any atom is -0.466 e. The van der Waals surface area contributed by atoms with Crippen LogP contribution in [0.4, 0.5) is 8.78 Å². The average Bonchev–Trinajstić information content (AvgIpc) is 3.84. The van der Waals surface area contributed by atoms with Crippen molar-refractivity contribution in [3.8, 4) is 22.8 Å². The van der Waals surface area contributed by atoms with Gasteiger partial charge in [0.05, 0.1) is 36.0 Å². The summed E-state index contributed by atoms with van der Waals surface area (Å²) in [5.74, 6) is -1.33. The number of nitrogens with zero attached hydrogens (tertiary/aromatic N) is 7. The lowest BCUT2D eigenvalue weighted by molar-refractivity contribution is -0.158. The van der Waals surface area contributed by atoms with E-state index in [0.29, 0.717) is 16.6 Å². The van der Waals surface area contributed by atoms with Gasteiger partial charge in [-0.25, -0.2) is 28.4 Å². The molecule has 3 aliphatic carbocycles. The minimum absolute atomic E-state index is 0.0549. The van der Waals surface area contributed by atoms with E-state index in [1.165, 1.54) is 12.3 Å². The molecule has 0 aliphatic heterocycles. The van der Waals surface area contributed by atoms with Crippen LogP contribution in [0.5, 0.6) is 0 Å². The van der Waals surface area contributed by atoms with Crippen molar-refractivity contribution in [3.63, 3.8) is 0 Å². The van der Waals surface area contributed by atoms with Crippen molar-refractivity contribution in [2.45, 2.75) is 44.6 Å². The highest BCUT2D eigenvalue weighted by Gasteiger charge is 2.48. The van der Waals surface area contributed by atoms with Gasteiger partial charge in [0.2, 0.25) is 0 Å². The number of esters is 1. The first kappa shape index (κ1) is 35.6. The Labute approximate surface area is 323 Å². The summed E-state index contributed by atoms with van der Waals surface area (Å²) in [6, 6.07) is 31.4. The summed E-state index contributed by atoms with van der Waals surface area (Å²) in [6.07, 6.45) is 8.52. The van der Waals surface area contributed by atoms with Gasteiger partial charge >= 0.3 is 5.97 Å². The Hall–Kier alpha value is -6.10. The molecule has 3 saturated carbocycles. The number of benzene rings is 3. The molecule has 56 heavy (non-hydrogen) atoms. The van der Waals surface area contributed by atoms with Crippen molar-refractivity contribution < 1.29 is 18.3 Å². The maximum Gasteiger partial charge on any atom is 0.309 e. The lowest BCUT2D eigenvalue weighted by Gasteiger charge is -2.47. The van der Waals surface area contributed by atoms with Gasteiger partial charge in [-0.2, -0.15) is 10.2 Å². The number of halogens is 2. The van der Waals surface area contributed by atoms with E-state index in [0.717, 1.165) is 42.4 Å². The SMILES string of the molecule is CCOC(=O)[C@H]1C2CCC(CC2)[C@@H]1Cc1nc(-c2nn(C(c3ccccc3)(c3ccccc3)c3ccccc3)c3ncc(F)cc23)nc(-c2cnn(C)c2)c1F. The number of rotatable bonds is 10. The molecule has 0 N–H and O–H groups in total.